The van der Waals surface area contributed by atoms with Crippen molar-refractivity contribution in [3.05, 3.63) is 0 Å². The monoisotopic (exact) mass is 479 g/mol. The van der Waals surface area contributed by atoms with Gasteiger partial charge in [-0.05, 0) is 50.4 Å². The fourth-order valence-electron chi connectivity index (χ4n) is 5.22. The van der Waals surface area contributed by atoms with Crippen molar-refractivity contribution >= 4 is 23.8 Å². The number of likely N-dealkylation sites (tertiary alicyclic amines) is 1. The number of nitrogens with zero attached hydrogens (tertiary/aromatic N) is 2. The Morgan fingerprint density at radius 1 is 1.32 bits per heavy atom. The minimum absolute atomic E-state index is 0.00295. The molecule has 2 heterocycles. The van der Waals surface area contributed by atoms with Crippen molar-refractivity contribution in [2.45, 2.75) is 79.0 Å². The molecule has 4 amide bonds. The number of rotatable bonds is 6. The van der Waals surface area contributed by atoms with E-state index in [-0.39, 0.29) is 41.5 Å². The molecule has 1 saturated carbocycles. The van der Waals surface area contributed by atoms with Crippen LogP contribution in [0.3, 0.4) is 0 Å². The Bertz CT molecular complexity index is 838. The van der Waals surface area contributed by atoms with Crippen LogP contribution in [0.25, 0.3) is 0 Å². The van der Waals surface area contributed by atoms with E-state index in [1.54, 1.807) is 25.7 Å². The summed E-state index contributed by atoms with van der Waals surface area (Å²) < 4.78 is 5.49. The number of hydrogen-bond donors (Lipinski definition) is 3. The molecule has 34 heavy (non-hydrogen) atoms. The molecular weight excluding hydrogens is 438 g/mol. The highest BCUT2D eigenvalue weighted by Crippen LogP contribution is 2.64. The fraction of sp³-hybridized carbons (Fsp3) is 0.833. The van der Waals surface area contributed by atoms with Gasteiger partial charge < -0.3 is 20.7 Å². The summed E-state index contributed by atoms with van der Waals surface area (Å²) >= 11 is 0. The maximum Gasteiger partial charge on any atom is 0.429 e. The van der Waals surface area contributed by atoms with Gasteiger partial charge in [-0.1, -0.05) is 34.1 Å². The van der Waals surface area contributed by atoms with Crippen LogP contribution in [0.5, 0.6) is 0 Å². The second-order valence-corrected chi connectivity index (χ2v) is 11.6. The fourth-order valence-corrected chi connectivity index (χ4v) is 5.22. The van der Waals surface area contributed by atoms with Gasteiger partial charge >= 0.3 is 6.09 Å². The Morgan fingerprint density at radius 2 is 1.97 bits per heavy atom. The Balaban J connectivity index is 1.81. The molecule has 2 aliphatic heterocycles. The number of carbonyl (C=O) groups is 4. The third kappa shape index (κ3) is 5.16. The van der Waals surface area contributed by atoms with Crippen LogP contribution in [0.15, 0.2) is 0 Å². The quantitative estimate of drug-likeness (QED) is 0.491. The predicted molar refractivity (Wildman–Crippen MR) is 126 cm³/mol. The Kier molecular flexibility index (Phi) is 7.22. The molecule has 3 rings (SSSR count). The third-order valence-electron chi connectivity index (χ3n) is 7.73. The number of hydrazine groups is 1. The first kappa shape index (κ1) is 26.2. The molecule has 2 saturated heterocycles. The molecule has 0 unspecified atom stereocenters. The molecule has 0 spiro atoms. The van der Waals surface area contributed by atoms with E-state index in [4.69, 9.17) is 10.5 Å². The van der Waals surface area contributed by atoms with Gasteiger partial charge in [0.15, 0.2) is 0 Å². The van der Waals surface area contributed by atoms with Gasteiger partial charge in [-0.3, -0.25) is 19.8 Å². The summed E-state index contributed by atoms with van der Waals surface area (Å²) in [6, 6.07) is -1.42. The second kappa shape index (κ2) is 9.36. The maximum atomic E-state index is 13.6. The van der Waals surface area contributed by atoms with E-state index < -0.39 is 35.6 Å². The van der Waals surface area contributed by atoms with E-state index in [1.165, 1.54) is 0 Å². The van der Waals surface area contributed by atoms with Gasteiger partial charge in [0.2, 0.25) is 11.8 Å². The molecule has 6 atom stereocenters. The predicted octanol–water partition coefficient (Wildman–Crippen LogP) is 1.25. The number of amides is 4. The summed E-state index contributed by atoms with van der Waals surface area (Å²) in [6.07, 6.45) is 0.578. The highest BCUT2D eigenvalue weighted by molar-refractivity contribution is 5.92. The number of nitrogens with two attached hydrogens (primary N) is 1. The van der Waals surface area contributed by atoms with Gasteiger partial charge in [0.1, 0.15) is 11.6 Å². The third-order valence-corrected chi connectivity index (χ3v) is 7.73. The lowest BCUT2D eigenvalue weighted by Crippen LogP contribution is -2.59. The smallest absolute Gasteiger partial charge is 0.429 e. The zero-order chi connectivity index (χ0) is 25.6. The van der Waals surface area contributed by atoms with Gasteiger partial charge in [0.25, 0.3) is 5.91 Å². The minimum Gasteiger partial charge on any atom is -0.442 e. The molecule has 3 fully saturated rings. The van der Waals surface area contributed by atoms with Crippen molar-refractivity contribution in [1.82, 2.24) is 20.7 Å². The van der Waals surface area contributed by atoms with Gasteiger partial charge in [0, 0.05) is 13.1 Å². The highest BCUT2D eigenvalue weighted by atomic mass is 16.6. The topological polar surface area (TPSA) is 134 Å². The molecule has 0 bridgehead atoms. The summed E-state index contributed by atoms with van der Waals surface area (Å²) in [5.41, 5.74) is 8.07. The molecule has 192 valence electrons. The van der Waals surface area contributed by atoms with Crippen LogP contribution in [0, 0.1) is 29.1 Å². The molecule has 10 nitrogen and oxygen atoms in total. The van der Waals surface area contributed by atoms with Crippen molar-refractivity contribution < 1.29 is 23.9 Å². The van der Waals surface area contributed by atoms with Crippen molar-refractivity contribution in [2.24, 2.45) is 34.8 Å². The summed E-state index contributed by atoms with van der Waals surface area (Å²) in [5.74, 6) is -1.13. The number of piperidine rings is 1. The number of hydrogen-bond acceptors (Lipinski definition) is 6. The lowest BCUT2D eigenvalue weighted by atomic mass is 9.96. The van der Waals surface area contributed by atoms with Crippen molar-refractivity contribution in [3.63, 3.8) is 0 Å². The molecule has 1 aliphatic carbocycles. The van der Waals surface area contributed by atoms with Crippen LogP contribution >= 0.6 is 0 Å². The zero-order valence-corrected chi connectivity index (χ0v) is 21.5. The standard InChI is InChI=1S/C24H41N5O5/c1-8-13(2)17(25)21(32)28-12-15-16(24(15,6)7)18(28)20(31)27-29(22(33)34-23(3,4)5)11-14-9-10-26-19(14)30/h13-18H,8-12,25H2,1-7H3,(H,26,30)(H,27,31)/t13-,14-,15-,16-,17-,18-/m0/s1. The Morgan fingerprint density at radius 3 is 2.50 bits per heavy atom. The van der Waals surface area contributed by atoms with Crippen LogP contribution in [0.1, 0.15) is 61.3 Å². The van der Waals surface area contributed by atoms with E-state index >= 15 is 0 Å². The van der Waals surface area contributed by atoms with Crippen LogP contribution in [-0.2, 0) is 19.1 Å². The zero-order valence-electron chi connectivity index (χ0n) is 21.5. The molecule has 3 aliphatic rings. The number of ether oxygens (including phenoxy) is 1. The summed E-state index contributed by atoms with van der Waals surface area (Å²) in [5, 5.41) is 3.83. The van der Waals surface area contributed by atoms with E-state index in [0.29, 0.717) is 19.5 Å². The molecular formula is C24H41N5O5. The van der Waals surface area contributed by atoms with E-state index in [1.807, 2.05) is 13.8 Å². The normalized spacial score (nSPS) is 29.1. The SMILES string of the molecule is CC[C@H](C)[C@H](N)C(=O)N1C[C@H]2[C@@H]([C@H]1C(=O)NN(C[C@@H]1CCNC1=O)C(=O)OC(C)(C)C)C2(C)C. The summed E-state index contributed by atoms with van der Waals surface area (Å²) in [4.78, 5) is 53.5. The molecule has 0 aromatic heterocycles. The van der Waals surface area contributed by atoms with Crippen LogP contribution in [-0.4, -0.2) is 71.0 Å². The van der Waals surface area contributed by atoms with Gasteiger partial charge in [-0.2, -0.15) is 0 Å². The lowest BCUT2D eigenvalue weighted by molar-refractivity contribution is -0.144. The largest absolute Gasteiger partial charge is 0.442 e. The van der Waals surface area contributed by atoms with E-state index in [9.17, 15) is 19.2 Å². The Labute approximate surface area is 202 Å². The number of fused-ring (bicyclic) bond motifs is 1. The van der Waals surface area contributed by atoms with Gasteiger partial charge in [0.05, 0.1) is 18.5 Å². The Hall–Kier alpha value is -2.36. The van der Waals surface area contributed by atoms with Crippen molar-refractivity contribution in [1.29, 1.82) is 0 Å². The van der Waals surface area contributed by atoms with Crippen molar-refractivity contribution in [2.75, 3.05) is 19.6 Å². The summed E-state index contributed by atoms with van der Waals surface area (Å²) in [6.45, 7) is 14.3. The average Bonchev–Trinajstić information content (AvgIpc) is 3.11. The second-order valence-electron chi connectivity index (χ2n) is 11.6. The van der Waals surface area contributed by atoms with E-state index in [2.05, 4.69) is 24.6 Å². The van der Waals surface area contributed by atoms with E-state index in [0.717, 1.165) is 11.4 Å². The molecule has 10 heteroatoms. The van der Waals surface area contributed by atoms with Crippen LogP contribution in [0.2, 0.25) is 0 Å². The number of nitrogens with one attached hydrogen (secondary N) is 2. The minimum atomic E-state index is -0.778. The van der Waals surface area contributed by atoms with Crippen LogP contribution in [0.4, 0.5) is 4.79 Å². The number of carbonyl (C=O) groups excluding carboxylic acids is 4. The summed E-state index contributed by atoms with van der Waals surface area (Å²) in [7, 11) is 0. The molecule has 0 aromatic rings. The van der Waals surface area contributed by atoms with Crippen LogP contribution < -0.4 is 16.5 Å². The first-order chi connectivity index (χ1) is 15.7. The molecule has 0 radical (unpaired) electrons. The highest BCUT2D eigenvalue weighted by Gasteiger charge is 2.69. The molecule has 4 N–H and O–H groups in total. The first-order valence-electron chi connectivity index (χ1n) is 12.3. The molecule has 0 aromatic carbocycles. The van der Waals surface area contributed by atoms with Gasteiger partial charge in [-0.15, -0.1) is 0 Å². The first-order valence-corrected chi connectivity index (χ1v) is 12.3. The average molecular weight is 480 g/mol. The van der Waals surface area contributed by atoms with Crippen molar-refractivity contribution in [3.8, 4) is 0 Å². The maximum absolute atomic E-state index is 13.6. The lowest BCUT2D eigenvalue weighted by Gasteiger charge is -2.35. The van der Waals surface area contributed by atoms with Gasteiger partial charge in [-0.25, -0.2) is 9.80 Å².